The molecule has 4 aliphatic rings. The maximum absolute atomic E-state index is 15.4. The van der Waals surface area contributed by atoms with Gasteiger partial charge in [0.2, 0.25) is 23.6 Å². The minimum Gasteiger partial charge on any atom is -0.508 e. The number of hydrogen-bond acceptors (Lipinski definition) is 7. The molecule has 1 saturated carbocycles. The number of imide groups is 2. The highest BCUT2D eigenvalue weighted by molar-refractivity contribution is 6.32. The fourth-order valence-corrected chi connectivity index (χ4v) is 9.34. The molecule has 51 heavy (non-hydrogen) atoms. The van der Waals surface area contributed by atoms with Crippen molar-refractivity contribution in [3.63, 3.8) is 0 Å². The number of Topliss-reactive ketones (excluding diaryl/α,β-unsaturated/α-hetero) is 1. The smallest absolute Gasteiger partial charge is 0.246 e. The number of benzene rings is 4. The number of hydrogen-bond donors (Lipinski definition) is 1. The Labute approximate surface area is 299 Å². The van der Waals surface area contributed by atoms with Crippen LogP contribution in [0, 0.1) is 23.7 Å². The van der Waals surface area contributed by atoms with Gasteiger partial charge in [-0.3, -0.25) is 28.9 Å². The van der Waals surface area contributed by atoms with Crippen LogP contribution in [0.4, 0.5) is 11.4 Å². The van der Waals surface area contributed by atoms with Gasteiger partial charge in [0.25, 0.3) is 0 Å². The molecule has 6 atom stereocenters. The molecular weight excluding hydrogens is 668 g/mol. The van der Waals surface area contributed by atoms with E-state index in [0.717, 1.165) is 0 Å². The fourth-order valence-electron chi connectivity index (χ4n) is 9.16. The van der Waals surface area contributed by atoms with Crippen molar-refractivity contribution in [1.82, 2.24) is 0 Å². The van der Waals surface area contributed by atoms with E-state index in [1.807, 2.05) is 36.4 Å². The predicted octanol–water partition coefficient (Wildman–Crippen LogP) is 6.62. The second-order valence-electron chi connectivity index (χ2n) is 13.6. The third kappa shape index (κ3) is 4.64. The standard InChI is InChI=1S/C41H33ClN2O7/c1-22(45)23-14-16-26(17-15-23)43-37(47)29-19-18-28-30(34(29)39(43)49)21-31-38(48)44(27-11-6-10-25(42)20-27)40(50)41(31,24-8-4-3-5-9-24)36(28)35-32(46)12-7-13-33(35)51-2/h3-18,20,29-31,34,36,46H,19,21H2,1-2H3. The van der Waals surface area contributed by atoms with E-state index in [9.17, 15) is 24.3 Å². The molecule has 10 heteroatoms. The molecule has 0 bridgehead atoms. The molecule has 0 radical (unpaired) electrons. The summed E-state index contributed by atoms with van der Waals surface area (Å²) in [7, 11) is 1.48. The lowest BCUT2D eigenvalue weighted by atomic mass is 9.49. The first-order valence-electron chi connectivity index (χ1n) is 16.8. The summed E-state index contributed by atoms with van der Waals surface area (Å²) in [4.78, 5) is 73.2. The van der Waals surface area contributed by atoms with Gasteiger partial charge in [0.15, 0.2) is 5.78 Å². The lowest BCUT2D eigenvalue weighted by molar-refractivity contribution is -0.127. The molecule has 4 amide bonds. The average Bonchev–Trinajstić information content (AvgIpc) is 3.52. The minimum absolute atomic E-state index is 0.103. The molecule has 6 unspecified atom stereocenters. The molecule has 2 aliphatic carbocycles. The van der Waals surface area contributed by atoms with E-state index >= 15 is 4.79 Å². The Bertz CT molecular complexity index is 2180. The van der Waals surface area contributed by atoms with Crippen molar-refractivity contribution < 1.29 is 33.8 Å². The fraction of sp³-hybridized carbons (Fsp3) is 0.244. The van der Waals surface area contributed by atoms with Crippen LogP contribution in [0.15, 0.2) is 109 Å². The number of amides is 4. The molecule has 2 heterocycles. The zero-order valence-electron chi connectivity index (χ0n) is 27.8. The highest BCUT2D eigenvalue weighted by atomic mass is 35.5. The SMILES string of the molecule is COc1cccc(O)c1C1C2=CCC3C(=O)N(c4ccc(C(C)=O)cc4)C(=O)C3C2CC2C(=O)N(c3cccc(Cl)c3)C(=O)C21c1ccccc1. The van der Waals surface area contributed by atoms with Gasteiger partial charge in [-0.15, -0.1) is 0 Å². The van der Waals surface area contributed by atoms with Crippen molar-refractivity contribution >= 4 is 52.4 Å². The summed E-state index contributed by atoms with van der Waals surface area (Å²) < 4.78 is 5.84. The van der Waals surface area contributed by atoms with Crippen LogP contribution in [0.1, 0.15) is 47.2 Å². The quantitative estimate of drug-likeness (QED) is 0.136. The predicted molar refractivity (Wildman–Crippen MR) is 190 cm³/mol. The van der Waals surface area contributed by atoms with Crippen molar-refractivity contribution in [3.8, 4) is 11.5 Å². The summed E-state index contributed by atoms with van der Waals surface area (Å²) in [6.07, 6.45) is 2.24. The van der Waals surface area contributed by atoms with Gasteiger partial charge in [-0.05, 0) is 85.8 Å². The molecule has 0 aromatic heterocycles. The van der Waals surface area contributed by atoms with Crippen LogP contribution < -0.4 is 14.5 Å². The van der Waals surface area contributed by atoms with E-state index in [0.29, 0.717) is 44.4 Å². The molecule has 4 aromatic rings. The molecule has 2 aliphatic heterocycles. The molecule has 0 spiro atoms. The normalized spacial score (nSPS) is 26.8. The monoisotopic (exact) mass is 700 g/mol. The number of carbonyl (C=O) groups is 5. The first-order valence-corrected chi connectivity index (χ1v) is 17.2. The molecule has 256 valence electrons. The number of ether oxygens (including phenoxy) is 1. The number of ketones is 1. The molecule has 8 rings (SSSR count). The molecule has 4 aromatic carbocycles. The maximum Gasteiger partial charge on any atom is 0.246 e. The van der Waals surface area contributed by atoms with Crippen LogP contribution >= 0.6 is 11.6 Å². The summed E-state index contributed by atoms with van der Waals surface area (Å²) >= 11 is 6.39. The Kier molecular flexibility index (Phi) is 7.72. The van der Waals surface area contributed by atoms with Crippen LogP contribution in [0.2, 0.25) is 5.02 Å². The number of halogens is 1. The van der Waals surface area contributed by atoms with Gasteiger partial charge in [-0.1, -0.05) is 65.7 Å². The first-order chi connectivity index (χ1) is 24.6. The van der Waals surface area contributed by atoms with Gasteiger partial charge in [0.1, 0.15) is 11.5 Å². The van der Waals surface area contributed by atoms with E-state index in [1.165, 1.54) is 29.9 Å². The van der Waals surface area contributed by atoms with Crippen molar-refractivity contribution in [3.05, 3.63) is 130 Å². The maximum atomic E-state index is 15.4. The summed E-state index contributed by atoms with van der Waals surface area (Å²) in [6, 6.07) is 26.9. The van der Waals surface area contributed by atoms with Crippen LogP contribution in [0.5, 0.6) is 11.5 Å². The Morgan fingerprint density at radius 2 is 1.55 bits per heavy atom. The van der Waals surface area contributed by atoms with Crippen molar-refractivity contribution in [2.45, 2.75) is 31.1 Å². The number of nitrogens with zero attached hydrogens (tertiary/aromatic N) is 2. The molecular formula is C41H33ClN2O7. The average molecular weight is 701 g/mol. The highest BCUT2D eigenvalue weighted by Crippen LogP contribution is 2.66. The van der Waals surface area contributed by atoms with Gasteiger partial charge >= 0.3 is 0 Å². The van der Waals surface area contributed by atoms with Crippen LogP contribution in [0.3, 0.4) is 0 Å². The third-order valence-corrected chi connectivity index (χ3v) is 11.5. The first kappa shape index (κ1) is 32.7. The van der Waals surface area contributed by atoms with E-state index in [1.54, 1.807) is 60.7 Å². The Balaban J connectivity index is 1.35. The zero-order chi connectivity index (χ0) is 35.8. The second-order valence-corrected chi connectivity index (χ2v) is 14.0. The van der Waals surface area contributed by atoms with E-state index in [2.05, 4.69) is 0 Å². The van der Waals surface area contributed by atoms with Gasteiger partial charge < -0.3 is 9.84 Å². The summed E-state index contributed by atoms with van der Waals surface area (Å²) in [5.74, 6) is -5.76. The van der Waals surface area contributed by atoms with Crippen molar-refractivity contribution in [1.29, 1.82) is 0 Å². The van der Waals surface area contributed by atoms with E-state index in [4.69, 9.17) is 16.3 Å². The molecule has 3 fully saturated rings. The van der Waals surface area contributed by atoms with Crippen LogP contribution in [-0.2, 0) is 24.6 Å². The van der Waals surface area contributed by atoms with Gasteiger partial charge in [0, 0.05) is 22.1 Å². The van der Waals surface area contributed by atoms with Crippen molar-refractivity contribution in [2.75, 3.05) is 16.9 Å². The number of phenolic OH excluding ortho intramolecular Hbond substituents is 1. The zero-order valence-corrected chi connectivity index (χ0v) is 28.5. The highest BCUT2D eigenvalue weighted by Gasteiger charge is 2.71. The lowest BCUT2D eigenvalue weighted by Crippen LogP contribution is -2.53. The Morgan fingerprint density at radius 3 is 2.24 bits per heavy atom. The molecule has 9 nitrogen and oxygen atoms in total. The number of anilines is 2. The van der Waals surface area contributed by atoms with Crippen LogP contribution in [0.25, 0.3) is 0 Å². The topological polar surface area (TPSA) is 121 Å². The third-order valence-electron chi connectivity index (χ3n) is 11.3. The molecule has 1 N–H and O–H groups in total. The second kappa shape index (κ2) is 12.1. The summed E-state index contributed by atoms with van der Waals surface area (Å²) in [6.45, 7) is 1.44. The van der Waals surface area contributed by atoms with Crippen molar-refractivity contribution in [2.24, 2.45) is 23.7 Å². The number of fused-ring (bicyclic) bond motifs is 4. The van der Waals surface area contributed by atoms with E-state index < -0.39 is 52.7 Å². The number of allylic oxidation sites excluding steroid dienone is 2. The molecule has 2 saturated heterocycles. The number of phenols is 1. The van der Waals surface area contributed by atoms with Gasteiger partial charge in [0.05, 0.1) is 41.7 Å². The number of carbonyl (C=O) groups excluding carboxylic acids is 5. The van der Waals surface area contributed by atoms with E-state index in [-0.39, 0.29) is 30.3 Å². The largest absolute Gasteiger partial charge is 0.508 e. The number of rotatable bonds is 6. The van der Waals surface area contributed by atoms with Crippen LogP contribution in [-0.4, -0.2) is 41.6 Å². The minimum atomic E-state index is -1.56. The number of methoxy groups -OCH3 is 1. The summed E-state index contributed by atoms with van der Waals surface area (Å²) in [5, 5.41) is 12.0. The lowest BCUT2D eigenvalue weighted by Gasteiger charge is -2.51. The number of aromatic hydroxyl groups is 1. The summed E-state index contributed by atoms with van der Waals surface area (Å²) in [5.41, 5.74) is 1.17. The van der Waals surface area contributed by atoms with Gasteiger partial charge in [-0.2, -0.15) is 0 Å². The Morgan fingerprint density at radius 1 is 0.824 bits per heavy atom. The van der Waals surface area contributed by atoms with Gasteiger partial charge in [-0.25, -0.2) is 4.90 Å². The Hall–Kier alpha value is -5.54.